The van der Waals surface area contributed by atoms with Crippen molar-refractivity contribution >= 4 is 0 Å². The molecule has 0 N–H and O–H groups in total. The highest BCUT2D eigenvalue weighted by Gasteiger charge is 2.03. The fraction of sp³-hybridized carbons (Fsp3) is 0.167. The molecule has 1 aromatic carbocycles. The number of benzene rings is 1. The highest BCUT2D eigenvalue weighted by atomic mass is 16.3. The third kappa shape index (κ3) is 1.50. The quantitative estimate of drug-likeness (QED) is 0.641. The smallest absolute Gasteiger partial charge is 0.136 e. The maximum atomic E-state index is 5.41. The van der Waals surface area contributed by atoms with Crippen molar-refractivity contribution in [3.63, 3.8) is 0 Å². The fourth-order valence-corrected chi connectivity index (χ4v) is 1.45. The monoisotopic (exact) mass is 172 g/mol. The Balaban J connectivity index is 2.53. The van der Waals surface area contributed by atoms with Gasteiger partial charge in [0.2, 0.25) is 0 Å². The summed E-state index contributed by atoms with van der Waals surface area (Å²) in [6.07, 6.45) is 1.73. The molecule has 0 aliphatic carbocycles. The number of aryl methyl sites for hydroxylation is 2. The van der Waals surface area contributed by atoms with Gasteiger partial charge in [-0.25, -0.2) is 0 Å². The summed E-state index contributed by atoms with van der Waals surface area (Å²) in [4.78, 5) is 0. The summed E-state index contributed by atoms with van der Waals surface area (Å²) < 4.78 is 5.41. The van der Waals surface area contributed by atoms with Gasteiger partial charge in [0, 0.05) is 5.56 Å². The van der Waals surface area contributed by atoms with E-state index in [4.69, 9.17) is 4.42 Å². The molecule has 0 aliphatic rings. The maximum Gasteiger partial charge on any atom is 0.136 e. The van der Waals surface area contributed by atoms with E-state index in [1.54, 1.807) is 6.26 Å². The van der Waals surface area contributed by atoms with E-state index in [2.05, 4.69) is 32.0 Å². The highest BCUT2D eigenvalue weighted by molar-refractivity contribution is 5.61. The van der Waals surface area contributed by atoms with E-state index >= 15 is 0 Å². The number of furan rings is 1. The van der Waals surface area contributed by atoms with E-state index in [1.165, 1.54) is 11.1 Å². The Morgan fingerprint density at radius 1 is 1.08 bits per heavy atom. The molecule has 1 heteroatoms. The first-order valence-electron chi connectivity index (χ1n) is 4.38. The predicted molar refractivity (Wildman–Crippen MR) is 53.6 cm³/mol. The van der Waals surface area contributed by atoms with Gasteiger partial charge in [-0.3, -0.25) is 0 Å². The van der Waals surface area contributed by atoms with Crippen molar-refractivity contribution in [2.45, 2.75) is 13.8 Å². The minimum absolute atomic E-state index is 0.976. The van der Waals surface area contributed by atoms with Crippen molar-refractivity contribution < 1.29 is 4.42 Å². The van der Waals surface area contributed by atoms with E-state index in [9.17, 15) is 0 Å². The van der Waals surface area contributed by atoms with Gasteiger partial charge in [0.25, 0.3) is 0 Å². The lowest BCUT2D eigenvalue weighted by Crippen LogP contribution is -1.78. The molecule has 0 unspecified atom stereocenters. The molecule has 1 nitrogen and oxygen atoms in total. The minimum Gasteiger partial charge on any atom is -0.464 e. The maximum absolute atomic E-state index is 5.41. The largest absolute Gasteiger partial charge is 0.464 e. The molecule has 0 saturated heterocycles. The minimum atomic E-state index is 0.976. The Morgan fingerprint density at radius 3 is 2.54 bits per heavy atom. The van der Waals surface area contributed by atoms with Crippen LogP contribution in [-0.2, 0) is 0 Å². The second-order valence-corrected chi connectivity index (χ2v) is 3.30. The third-order valence-electron chi connectivity index (χ3n) is 2.14. The predicted octanol–water partition coefficient (Wildman–Crippen LogP) is 3.56. The molecule has 13 heavy (non-hydrogen) atoms. The van der Waals surface area contributed by atoms with Gasteiger partial charge in [0.1, 0.15) is 5.76 Å². The van der Waals surface area contributed by atoms with Crippen LogP contribution in [0.15, 0.2) is 41.0 Å². The van der Waals surface area contributed by atoms with Crippen LogP contribution in [0.5, 0.6) is 0 Å². The summed E-state index contributed by atoms with van der Waals surface area (Å²) in [5, 5.41) is 0. The molecule has 1 aromatic heterocycles. The third-order valence-corrected chi connectivity index (χ3v) is 2.14. The van der Waals surface area contributed by atoms with Crippen LogP contribution >= 0.6 is 0 Å². The van der Waals surface area contributed by atoms with Crippen molar-refractivity contribution in [2.75, 3.05) is 0 Å². The Hall–Kier alpha value is -1.50. The van der Waals surface area contributed by atoms with Crippen LogP contribution in [0.2, 0.25) is 0 Å². The van der Waals surface area contributed by atoms with E-state index in [0.717, 1.165) is 11.3 Å². The molecule has 0 fully saturated rings. The van der Waals surface area contributed by atoms with Gasteiger partial charge in [-0.1, -0.05) is 23.8 Å². The van der Waals surface area contributed by atoms with Crippen molar-refractivity contribution in [3.05, 3.63) is 47.7 Å². The Morgan fingerprint density at radius 2 is 1.92 bits per heavy atom. The van der Waals surface area contributed by atoms with Gasteiger partial charge < -0.3 is 4.42 Å². The molecular formula is C12H12O. The van der Waals surface area contributed by atoms with Crippen molar-refractivity contribution in [1.29, 1.82) is 0 Å². The fourth-order valence-electron chi connectivity index (χ4n) is 1.45. The van der Waals surface area contributed by atoms with Gasteiger partial charge in [0.05, 0.1) is 6.26 Å². The van der Waals surface area contributed by atoms with Crippen LogP contribution in [-0.4, -0.2) is 0 Å². The molecule has 0 aliphatic heterocycles. The summed E-state index contributed by atoms with van der Waals surface area (Å²) in [5.74, 6) is 0.976. The zero-order chi connectivity index (χ0) is 9.26. The first-order valence-corrected chi connectivity index (χ1v) is 4.38. The summed E-state index contributed by atoms with van der Waals surface area (Å²) >= 11 is 0. The molecule has 2 rings (SSSR count). The van der Waals surface area contributed by atoms with Gasteiger partial charge in [-0.15, -0.1) is 0 Å². The first kappa shape index (κ1) is 8.11. The van der Waals surface area contributed by atoms with Gasteiger partial charge in [0.15, 0.2) is 0 Å². The standard InChI is InChI=1S/C12H12O/c1-9-4-3-5-11(8-9)12-10(2)6-7-13-12/h3-8H,1-2H3. The summed E-state index contributed by atoms with van der Waals surface area (Å²) in [6, 6.07) is 10.3. The Kier molecular flexibility index (Phi) is 1.93. The van der Waals surface area contributed by atoms with Crippen LogP contribution in [0, 0.1) is 13.8 Å². The summed E-state index contributed by atoms with van der Waals surface area (Å²) in [6.45, 7) is 4.14. The summed E-state index contributed by atoms with van der Waals surface area (Å²) in [7, 11) is 0. The van der Waals surface area contributed by atoms with Crippen LogP contribution < -0.4 is 0 Å². The molecule has 0 spiro atoms. The SMILES string of the molecule is Cc1cccc(-c2occc2C)c1. The normalized spacial score (nSPS) is 10.3. The number of hydrogen-bond acceptors (Lipinski definition) is 1. The topological polar surface area (TPSA) is 13.1 Å². The van der Waals surface area contributed by atoms with E-state index in [1.807, 2.05) is 12.1 Å². The van der Waals surface area contributed by atoms with Gasteiger partial charge in [-0.2, -0.15) is 0 Å². The molecule has 0 radical (unpaired) electrons. The Bertz CT molecular complexity index is 413. The first-order chi connectivity index (χ1) is 6.27. The zero-order valence-electron chi connectivity index (χ0n) is 7.87. The average Bonchev–Trinajstić information content (AvgIpc) is 2.51. The molecule has 0 bridgehead atoms. The lowest BCUT2D eigenvalue weighted by atomic mass is 10.1. The molecule has 0 saturated carbocycles. The molecule has 1 heterocycles. The van der Waals surface area contributed by atoms with Crippen LogP contribution in [0.1, 0.15) is 11.1 Å². The second-order valence-electron chi connectivity index (χ2n) is 3.30. The van der Waals surface area contributed by atoms with E-state index in [-0.39, 0.29) is 0 Å². The van der Waals surface area contributed by atoms with Gasteiger partial charge in [-0.05, 0) is 31.5 Å². The van der Waals surface area contributed by atoms with Crippen molar-refractivity contribution in [2.24, 2.45) is 0 Å². The highest BCUT2D eigenvalue weighted by Crippen LogP contribution is 2.24. The Labute approximate surface area is 78.0 Å². The lowest BCUT2D eigenvalue weighted by molar-refractivity contribution is 0.581. The lowest BCUT2D eigenvalue weighted by Gasteiger charge is -1.99. The zero-order valence-corrected chi connectivity index (χ0v) is 7.87. The number of hydrogen-bond donors (Lipinski definition) is 0. The van der Waals surface area contributed by atoms with Crippen LogP contribution in [0.3, 0.4) is 0 Å². The second kappa shape index (κ2) is 3.09. The van der Waals surface area contributed by atoms with E-state index in [0.29, 0.717) is 0 Å². The average molecular weight is 172 g/mol. The molecule has 0 amide bonds. The van der Waals surface area contributed by atoms with Crippen molar-refractivity contribution in [3.8, 4) is 11.3 Å². The van der Waals surface area contributed by atoms with Crippen LogP contribution in [0.25, 0.3) is 11.3 Å². The number of rotatable bonds is 1. The van der Waals surface area contributed by atoms with Gasteiger partial charge >= 0.3 is 0 Å². The summed E-state index contributed by atoms with van der Waals surface area (Å²) in [5.41, 5.74) is 3.60. The molecular weight excluding hydrogens is 160 g/mol. The van der Waals surface area contributed by atoms with Crippen molar-refractivity contribution in [1.82, 2.24) is 0 Å². The van der Waals surface area contributed by atoms with E-state index < -0.39 is 0 Å². The van der Waals surface area contributed by atoms with Crippen LogP contribution in [0.4, 0.5) is 0 Å². The molecule has 0 atom stereocenters. The molecule has 66 valence electrons. The molecule has 2 aromatic rings.